The van der Waals surface area contributed by atoms with Gasteiger partial charge < -0.3 is 20.1 Å². The van der Waals surface area contributed by atoms with Gasteiger partial charge >= 0.3 is 0 Å². The van der Waals surface area contributed by atoms with Crippen LogP contribution >= 0.6 is 0 Å². The third-order valence-electron chi connectivity index (χ3n) is 4.13. The second kappa shape index (κ2) is 5.98. The van der Waals surface area contributed by atoms with Crippen LogP contribution in [0, 0.1) is 0 Å². The van der Waals surface area contributed by atoms with Crippen molar-refractivity contribution in [1.29, 1.82) is 0 Å². The monoisotopic (exact) mass is 324 g/mol. The van der Waals surface area contributed by atoms with E-state index in [-0.39, 0.29) is 18.4 Å². The van der Waals surface area contributed by atoms with Crippen molar-refractivity contribution in [2.24, 2.45) is 0 Å². The van der Waals surface area contributed by atoms with Crippen molar-refractivity contribution in [2.75, 3.05) is 23.8 Å². The van der Waals surface area contributed by atoms with E-state index in [4.69, 9.17) is 9.47 Å². The van der Waals surface area contributed by atoms with Crippen LogP contribution in [0.5, 0.6) is 5.75 Å². The predicted molar refractivity (Wildman–Crippen MR) is 88.0 cm³/mol. The van der Waals surface area contributed by atoms with Crippen molar-refractivity contribution >= 4 is 23.2 Å². The Morgan fingerprint density at radius 3 is 2.96 bits per heavy atom. The predicted octanol–water partition coefficient (Wildman–Crippen LogP) is 2.27. The first-order chi connectivity index (χ1) is 11.7. The molecule has 2 aromatic rings. The lowest BCUT2D eigenvalue weighted by Crippen LogP contribution is -2.30. The van der Waals surface area contributed by atoms with E-state index in [0.29, 0.717) is 23.7 Å². The van der Waals surface area contributed by atoms with Crippen molar-refractivity contribution in [3.63, 3.8) is 0 Å². The molecule has 0 aromatic heterocycles. The number of rotatable bonds is 2. The van der Waals surface area contributed by atoms with Gasteiger partial charge in [0.1, 0.15) is 0 Å². The third kappa shape index (κ3) is 2.61. The van der Waals surface area contributed by atoms with Gasteiger partial charge in [-0.1, -0.05) is 30.3 Å². The van der Waals surface area contributed by atoms with Crippen LogP contribution in [-0.2, 0) is 20.7 Å². The maximum Gasteiger partial charge on any atom is 0.262 e. The molecule has 0 saturated carbocycles. The summed E-state index contributed by atoms with van der Waals surface area (Å²) in [6, 6.07) is 13.0. The number of anilines is 2. The third-order valence-corrected chi connectivity index (χ3v) is 4.13. The number of hydrogen-bond acceptors (Lipinski definition) is 4. The quantitative estimate of drug-likeness (QED) is 0.888. The van der Waals surface area contributed by atoms with E-state index >= 15 is 0 Å². The fourth-order valence-electron chi connectivity index (χ4n) is 3.02. The molecule has 2 amide bonds. The highest BCUT2D eigenvalue weighted by molar-refractivity contribution is 6.01. The average Bonchev–Trinajstić information content (AvgIpc) is 2.61. The summed E-state index contributed by atoms with van der Waals surface area (Å²) in [7, 11) is 0. The van der Waals surface area contributed by atoms with E-state index in [1.807, 2.05) is 24.3 Å². The summed E-state index contributed by atoms with van der Waals surface area (Å²) in [4.78, 5) is 24.1. The number of ether oxygens (including phenoxy) is 2. The molecule has 6 heteroatoms. The molecule has 0 saturated heterocycles. The van der Waals surface area contributed by atoms with Crippen molar-refractivity contribution in [3.8, 4) is 5.75 Å². The van der Waals surface area contributed by atoms with Crippen LogP contribution in [-0.4, -0.2) is 25.0 Å². The first kappa shape index (κ1) is 14.7. The lowest BCUT2D eigenvalue weighted by atomic mass is 9.97. The molecule has 2 aromatic carbocycles. The highest BCUT2D eigenvalue weighted by atomic mass is 16.5. The molecule has 0 spiro atoms. The molecule has 24 heavy (non-hydrogen) atoms. The lowest BCUT2D eigenvalue weighted by Gasteiger charge is -2.26. The Labute approximate surface area is 138 Å². The van der Waals surface area contributed by atoms with Crippen LogP contribution in [0.3, 0.4) is 0 Å². The van der Waals surface area contributed by atoms with Gasteiger partial charge in [-0.15, -0.1) is 0 Å². The largest absolute Gasteiger partial charge is 0.479 e. The van der Waals surface area contributed by atoms with Crippen LogP contribution in [0.25, 0.3) is 0 Å². The molecule has 2 aliphatic heterocycles. The van der Waals surface area contributed by atoms with Crippen LogP contribution < -0.4 is 15.4 Å². The highest BCUT2D eigenvalue weighted by Crippen LogP contribution is 2.36. The molecule has 2 aliphatic rings. The number of para-hydroxylation sites is 1. The summed E-state index contributed by atoms with van der Waals surface area (Å²) in [5, 5.41) is 5.58. The Kier molecular flexibility index (Phi) is 3.66. The lowest BCUT2D eigenvalue weighted by molar-refractivity contribution is -0.128. The molecule has 1 atom stereocenters. The number of nitrogens with one attached hydrogen (secondary N) is 2. The summed E-state index contributed by atoms with van der Waals surface area (Å²) in [6.07, 6.45) is 0.152. The summed E-state index contributed by atoms with van der Waals surface area (Å²) < 4.78 is 11.1. The summed E-state index contributed by atoms with van der Waals surface area (Å²) in [5.74, 6) is 0.00103. The van der Waals surface area contributed by atoms with Gasteiger partial charge in [-0.2, -0.15) is 0 Å². The molecule has 0 fully saturated rings. The average molecular weight is 324 g/mol. The van der Waals surface area contributed by atoms with Crippen molar-refractivity contribution < 1.29 is 19.1 Å². The molecule has 0 aliphatic carbocycles. The van der Waals surface area contributed by atoms with Gasteiger partial charge in [0.15, 0.2) is 18.5 Å². The van der Waals surface area contributed by atoms with Crippen molar-refractivity contribution in [2.45, 2.75) is 12.5 Å². The van der Waals surface area contributed by atoms with E-state index in [2.05, 4.69) is 10.6 Å². The zero-order valence-electron chi connectivity index (χ0n) is 12.9. The summed E-state index contributed by atoms with van der Waals surface area (Å²) in [6.45, 7) is 0.442. The van der Waals surface area contributed by atoms with E-state index in [1.165, 1.54) is 0 Å². The molecule has 122 valence electrons. The fraction of sp³-hybridized carbons (Fsp3) is 0.222. The molecule has 2 N–H and O–H groups in total. The SMILES string of the molecule is O=C1COc2c(cccc2NC(=O)C2OCCc3ccccc32)N1. The molecule has 4 rings (SSSR count). The Morgan fingerprint density at radius 2 is 2.04 bits per heavy atom. The molecule has 2 heterocycles. The van der Waals surface area contributed by atoms with E-state index < -0.39 is 6.10 Å². The Hall–Kier alpha value is -2.86. The number of amides is 2. The highest BCUT2D eigenvalue weighted by Gasteiger charge is 2.28. The molecule has 0 radical (unpaired) electrons. The molecular weight excluding hydrogens is 308 g/mol. The molecule has 6 nitrogen and oxygen atoms in total. The zero-order chi connectivity index (χ0) is 16.5. The molecule has 1 unspecified atom stereocenters. The van der Waals surface area contributed by atoms with Crippen molar-refractivity contribution in [1.82, 2.24) is 0 Å². The van der Waals surface area contributed by atoms with Crippen LogP contribution in [0.2, 0.25) is 0 Å². The smallest absolute Gasteiger partial charge is 0.262 e. The standard InChI is InChI=1S/C18H16N2O4/c21-15-10-24-17-13(19-15)6-3-7-14(17)20-18(22)16-12-5-2-1-4-11(12)8-9-23-16/h1-7,16H,8-10H2,(H,19,21)(H,20,22). The first-order valence-electron chi connectivity index (χ1n) is 7.78. The van der Waals surface area contributed by atoms with Gasteiger partial charge in [-0.3, -0.25) is 9.59 Å². The number of fused-ring (bicyclic) bond motifs is 2. The summed E-state index contributed by atoms with van der Waals surface area (Å²) >= 11 is 0. The minimum absolute atomic E-state index is 0.0668. The van der Waals surface area contributed by atoms with Crippen LogP contribution in [0.15, 0.2) is 42.5 Å². The van der Waals surface area contributed by atoms with Gasteiger partial charge in [0, 0.05) is 0 Å². The van der Waals surface area contributed by atoms with Gasteiger partial charge in [0.25, 0.3) is 11.8 Å². The normalized spacial score (nSPS) is 18.7. The Balaban J connectivity index is 1.60. The number of carbonyl (C=O) groups excluding carboxylic acids is 2. The minimum atomic E-state index is -0.649. The number of benzene rings is 2. The number of hydrogen-bond donors (Lipinski definition) is 2. The molecule has 0 bridgehead atoms. The maximum absolute atomic E-state index is 12.7. The Morgan fingerprint density at radius 1 is 1.17 bits per heavy atom. The number of carbonyl (C=O) groups is 2. The van der Waals surface area contributed by atoms with Crippen molar-refractivity contribution in [3.05, 3.63) is 53.6 Å². The van der Waals surface area contributed by atoms with Gasteiger partial charge in [0.05, 0.1) is 18.0 Å². The van der Waals surface area contributed by atoms with Crippen LogP contribution in [0.1, 0.15) is 17.2 Å². The maximum atomic E-state index is 12.7. The van der Waals surface area contributed by atoms with Gasteiger partial charge in [-0.25, -0.2) is 0 Å². The van der Waals surface area contributed by atoms with Gasteiger partial charge in [0.2, 0.25) is 0 Å². The minimum Gasteiger partial charge on any atom is -0.479 e. The topological polar surface area (TPSA) is 76.7 Å². The van der Waals surface area contributed by atoms with E-state index in [0.717, 1.165) is 17.5 Å². The zero-order valence-corrected chi connectivity index (χ0v) is 12.9. The fourth-order valence-corrected chi connectivity index (χ4v) is 3.02. The second-order valence-electron chi connectivity index (χ2n) is 5.71. The van der Waals surface area contributed by atoms with E-state index in [9.17, 15) is 9.59 Å². The summed E-state index contributed by atoms with van der Waals surface area (Å²) in [5.41, 5.74) is 3.08. The molecular formula is C18H16N2O4. The first-order valence-corrected chi connectivity index (χ1v) is 7.78. The van der Waals surface area contributed by atoms with Crippen LogP contribution in [0.4, 0.5) is 11.4 Å². The van der Waals surface area contributed by atoms with E-state index in [1.54, 1.807) is 18.2 Å². The second-order valence-corrected chi connectivity index (χ2v) is 5.71. The van der Waals surface area contributed by atoms with Gasteiger partial charge in [-0.05, 0) is 29.7 Å². The Bertz CT molecular complexity index is 818.